The first kappa shape index (κ1) is 15.2. The molecular weight excluding hydrogens is 257 g/mol. The lowest BCUT2D eigenvalue weighted by atomic mass is 10.0. The number of nitrogens with zero attached hydrogens (tertiary/aromatic N) is 2. The van der Waals surface area contributed by atoms with Gasteiger partial charge in [0.25, 0.3) is 0 Å². The van der Waals surface area contributed by atoms with Crippen LogP contribution in [0.5, 0.6) is 5.75 Å². The number of likely N-dealkylation sites (N-methyl/N-ethyl adjacent to an activating group) is 1. The molecule has 2 unspecified atom stereocenters. The number of rotatable bonds is 4. The molecule has 5 heteroatoms. The van der Waals surface area contributed by atoms with E-state index in [0.29, 0.717) is 12.6 Å². The summed E-state index contributed by atoms with van der Waals surface area (Å²) < 4.78 is 18.8. The fraction of sp³-hybridized carbons (Fsp3) is 0.600. The van der Waals surface area contributed by atoms with Gasteiger partial charge in [-0.3, -0.25) is 4.90 Å². The summed E-state index contributed by atoms with van der Waals surface area (Å²) in [6.07, 6.45) is 0. The number of piperazine rings is 1. The summed E-state index contributed by atoms with van der Waals surface area (Å²) in [5, 5.41) is 0. The van der Waals surface area contributed by atoms with E-state index in [2.05, 4.69) is 23.8 Å². The Hall–Kier alpha value is -1.17. The second kappa shape index (κ2) is 6.52. The predicted molar refractivity (Wildman–Crippen MR) is 78.4 cm³/mol. The molecule has 1 aromatic carbocycles. The molecule has 0 radical (unpaired) electrons. The Labute approximate surface area is 120 Å². The van der Waals surface area contributed by atoms with Crippen LogP contribution in [0.1, 0.15) is 18.5 Å². The Morgan fingerprint density at radius 3 is 2.80 bits per heavy atom. The van der Waals surface area contributed by atoms with Crippen molar-refractivity contribution < 1.29 is 9.13 Å². The summed E-state index contributed by atoms with van der Waals surface area (Å²) in [5.41, 5.74) is 6.85. The van der Waals surface area contributed by atoms with Gasteiger partial charge in [-0.25, -0.2) is 4.39 Å². The third-order valence-electron chi connectivity index (χ3n) is 4.16. The molecule has 20 heavy (non-hydrogen) atoms. The predicted octanol–water partition coefficient (Wildman–Crippen LogP) is 1.47. The van der Waals surface area contributed by atoms with Gasteiger partial charge in [-0.2, -0.15) is 0 Å². The standard InChI is InChI=1S/C15H24FN3O/c1-11(12-4-5-15(20-3)14(16)8-12)19-7-6-18(2)10-13(19)9-17/h4-5,8,11,13H,6-7,9-10,17H2,1-3H3. The number of halogens is 1. The van der Waals surface area contributed by atoms with Crippen molar-refractivity contribution in [3.8, 4) is 5.75 Å². The fourth-order valence-electron chi connectivity index (χ4n) is 2.88. The fourth-order valence-corrected chi connectivity index (χ4v) is 2.88. The van der Waals surface area contributed by atoms with Crippen LogP contribution in [0.2, 0.25) is 0 Å². The van der Waals surface area contributed by atoms with Gasteiger partial charge in [0.15, 0.2) is 11.6 Å². The number of hydrogen-bond acceptors (Lipinski definition) is 4. The lowest BCUT2D eigenvalue weighted by molar-refractivity contribution is 0.0620. The van der Waals surface area contributed by atoms with Crippen LogP contribution >= 0.6 is 0 Å². The summed E-state index contributed by atoms with van der Waals surface area (Å²) in [5.74, 6) is -0.0232. The molecule has 112 valence electrons. The largest absolute Gasteiger partial charge is 0.494 e. The van der Waals surface area contributed by atoms with Crippen LogP contribution in [0.4, 0.5) is 4.39 Å². The minimum absolute atomic E-state index is 0.151. The van der Waals surface area contributed by atoms with E-state index in [1.807, 2.05) is 6.07 Å². The van der Waals surface area contributed by atoms with Crippen LogP contribution in [0.3, 0.4) is 0 Å². The van der Waals surface area contributed by atoms with Gasteiger partial charge in [0.1, 0.15) is 0 Å². The van der Waals surface area contributed by atoms with Gasteiger partial charge in [-0.05, 0) is 31.7 Å². The first-order valence-electron chi connectivity index (χ1n) is 7.04. The molecule has 2 atom stereocenters. The van der Waals surface area contributed by atoms with Gasteiger partial charge in [0, 0.05) is 38.3 Å². The van der Waals surface area contributed by atoms with Gasteiger partial charge >= 0.3 is 0 Å². The number of methoxy groups -OCH3 is 1. The lowest BCUT2D eigenvalue weighted by Gasteiger charge is -2.43. The second-order valence-electron chi connectivity index (χ2n) is 5.46. The number of ether oxygens (including phenoxy) is 1. The third-order valence-corrected chi connectivity index (χ3v) is 4.16. The number of nitrogens with two attached hydrogens (primary N) is 1. The molecular formula is C15H24FN3O. The van der Waals surface area contributed by atoms with Crippen LogP contribution in [0.15, 0.2) is 18.2 Å². The molecule has 1 heterocycles. The van der Waals surface area contributed by atoms with E-state index in [1.54, 1.807) is 12.1 Å². The van der Waals surface area contributed by atoms with E-state index in [4.69, 9.17) is 10.5 Å². The maximum absolute atomic E-state index is 13.8. The Balaban J connectivity index is 2.17. The first-order valence-corrected chi connectivity index (χ1v) is 7.04. The topological polar surface area (TPSA) is 41.7 Å². The van der Waals surface area contributed by atoms with Gasteiger partial charge in [0.2, 0.25) is 0 Å². The summed E-state index contributed by atoms with van der Waals surface area (Å²) in [6, 6.07) is 5.65. The van der Waals surface area contributed by atoms with E-state index in [9.17, 15) is 4.39 Å². The van der Waals surface area contributed by atoms with Crippen molar-refractivity contribution >= 4 is 0 Å². The minimum Gasteiger partial charge on any atom is -0.494 e. The number of hydrogen-bond donors (Lipinski definition) is 1. The van der Waals surface area contributed by atoms with Crippen molar-refractivity contribution in [2.24, 2.45) is 5.73 Å². The van der Waals surface area contributed by atoms with Crippen LogP contribution < -0.4 is 10.5 Å². The highest BCUT2D eigenvalue weighted by molar-refractivity contribution is 5.31. The van der Waals surface area contributed by atoms with Crippen molar-refractivity contribution in [1.82, 2.24) is 9.80 Å². The van der Waals surface area contributed by atoms with E-state index in [0.717, 1.165) is 25.2 Å². The molecule has 0 saturated carbocycles. The lowest BCUT2D eigenvalue weighted by Crippen LogP contribution is -2.55. The van der Waals surface area contributed by atoms with Crippen LogP contribution in [0, 0.1) is 5.82 Å². The maximum Gasteiger partial charge on any atom is 0.165 e. The Kier molecular flexibility index (Phi) is 4.96. The van der Waals surface area contributed by atoms with Crippen molar-refractivity contribution in [3.63, 3.8) is 0 Å². The van der Waals surface area contributed by atoms with E-state index >= 15 is 0 Å². The van der Waals surface area contributed by atoms with Gasteiger partial charge < -0.3 is 15.4 Å². The van der Waals surface area contributed by atoms with E-state index in [1.165, 1.54) is 7.11 Å². The molecule has 1 fully saturated rings. The van der Waals surface area contributed by atoms with Crippen molar-refractivity contribution in [3.05, 3.63) is 29.6 Å². The SMILES string of the molecule is COc1ccc(C(C)N2CCN(C)CC2CN)cc1F. The van der Waals surface area contributed by atoms with E-state index in [-0.39, 0.29) is 17.6 Å². The molecule has 0 aliphatic carbocycles. The molecule has 2 N–H and O–H groups in total. The Morgan fingerprint density at radius 2 is 2.20 bits per heavy atom. The highest BCUT2D eigenvalue weighted by Crippen LogP contribution is 2.27. The Bertz CT molecular complexity index is 455. The Morgan fingerprint density at radius 1 is 1.45 bits per heavy atom. The molecule has 0 spiro atoms. The molecule has 1 aromatic rings. The van der Waals surface area contributed by atoms with Crippen molar-refractivity contribution in [2.75, 3.05) is 40.3 Å². The quantitative estimate of drug-likeness (QED) is 0.907. The molecule has 4 nitrogen and oxygen atoms in total. The first-order chi connectivity index (χ1) is 9.56. The monoisotopic (exact) mass is 281 g/mol. The van der Waals surface area contributed by atoms with Gasteiger partial charge in [-0.15, -0.1) is 0 Å². The van der Waals surface area contributed by atoms with Crippen LogP contribution in [-0.2, 0) is 0 Å². The third kappa shape index (κ3) is 3.11. The van der Waals surface area contributed by atoms with Crippen LogP contribution in [0.25, 0.3) is 0 Å². The molecule has 1 saturated heterocycles. The highest BCUT2D eigenvalue weighted by Gasteiger charge is 2.28. The van der Waals surface area contributed by atoms with E-state index < -0.39 is 0 Å². The highest BCUT2D eigenvalue weighted by atomic mass is 19.1. The summed E-state index contributed by atoms with van der Waals surface area (Å²) in [6.45, 7) is 5.65. The zero-order valence-corrected chi connectivity index (χ0v) is 12.5. The summed E-state index contributed by atoms with van der Waals surface area (Å²) in [7, 11) is 3.59. The molecule has 1 aliphatic heterocycles. The molecule has 0 amide bonds. The van der Waals surface area contributed by atoms with Crippen molar-refractivity contribution in [2.45, 2.75) is 19.0 Å². The van der Waals surface area contributed by atoms with Gasteiger partial charge in [0.05, 0.1) is 7.11 Å². The maximum atomic E-state index is 13.8. The smallest absolute Gasteiger partial charge is 0.165 e. The molecule has 0 aromatic heterocycles. The molecule has 2 rings (SSSR count). The molecule has 1 aliphatic rings. The van der Waals surface area contributed by atoms with Gasteiger partial charge in [-0.1, -0.05) is 6.07 Å². The second-order valence-corrected chi connectivity index (χ2v) is 5.46. The summed E-state index contributed by atoms with van der Waals surface area (Å²) >= 11 is 0. The normalized spacial score (nSPS) is 22.8. The average molecular weight is 281 g/mol. The van der Waals surface area contributed by atoms with Crippen LogP contribution in [-0.4, -0.2) is 56.2 Å². The number of benzene rings is 1. The summed E-state index contributed by atoms with van der Waals surface area (Å²) in [4.78, 5) is 4.65. The average Bonchev–Trinajstić information content (AvgIpc) is 2.46. The zero-order chi connectivity index (χ0) is 14.7. The molecule has 0 bridgehead atoms. The minimum atomic E-state index is -0.310. The zero-order valence-electron chi connectivity index (χ0n) is 12.5. The van der Waals surface area contributed by atoms with Crippen molar-refractivity contribution in [1.29, 1.82) is 0 Å².